The molecular formula is C16H20N4O3S. The number of hydrogen-bond donors (Lipinski definition) is 1. The Bertz CT molecular complexity index is 758. The van der Waals surface area contributed by atoms with E-state index in [0.717, 1.165) is 0 Å². The summed E-state index contributed by atoms with van der Waals surface area (Å²) in [5.74, 6) is 1.22. The van der Waals surface area contributed by atoms with Gasteiger partial charge in [0.2, 0.25) is 16.0 Å². The molecule has 0 unspecified atom stereocenters. The highest BCUT2D eigenvalue weighted by atomic mass is 32.2. The third-order valence-corrected chi connectivity index (χ3v) is 5.96. The number of methoxy groups -OCH3 is 1. The van der Waals surface area contributed by atoms with Gasteiger partial charge in [0.25, 0.3) is 0 Å². The first kappa shape index (κ1) is 16.7. The number of nitrogens with one attached hydrogen (secondary N) is 1. The van der Waals surface area contributed by atoms with Gasteiger partial charge in [0, 0.05) is 31.5 Å². The molecule has 1 N–H and O–H groups in total. The lowest BCUT2D eigenvalue weighted by atomic mass is 10.1. The van der Waals surface area contributed by atoms with Crippen LogP contribution in [0.15, 0.2) is 47.6 Å². The number of nitrogens with zero attached hydrogens (tertiary/aromatic N) is 3. The summed E-state index contributed by atoms with van der Waals surface area (Å²) in [4.78, 5) is 8.57. The number of piperidine rings is 1. The van der Waals surface area contributed by atoms with Crippen LogP contribution in [0.5, 0.6) is 5.75 Å². The normalized spacial score (nSPS) is 16.7. The molecule has 0 spiro atoms. The minimum atomic E-state index is -3.46. The highest BCUT2D eigenvalue weighted by molar-refractivity contribution is 7.89. The van der Waals surface area contributed by atoms with E-state index in [1.807, 2.05) is 0 Å². The van der Waals surface area contributed by atoms with E-state index in [2.05, 4.69) is 15.3 Å². The number of ether oxygens (including phenoxy) is 1. The zero-order valence-corrected chi connectivity index (χ0v) is 14.2. The standard InChI is InChI=1S/C16H20N4O3S/c1-23-14-3-5-15(6-4-14)24(21,22)20-11-7-13(8-12-20)19-16-17-9-2-10-18-16/h2-6,9-10,13H,7-8,11-12H2,1H3,(H,17,18,19). The number of benzene rings is 1. The van der Waals surface area contributed by atoms with Crippen molar-refractivity contribution in [1.82, 2.24) is 14.3 Å². The van der Waals surface area contributed by atoms with Crippen molar-refractivity contribution in [2.24, 2.45) is 0 Å². The molecule has 1 aromatic heterocycles. The summed E-state index contributed by atoms with van der Waals surface area (Å²) in [6.45, 7) is 0.942. The lowest BCUT2D eigenvalue weighted by Gasteiger charge is -2.31. The smallest absolute Gasteiger partial charge is 0.243 e. The maximum Gasteiger partial charge on any atom is 0.243 e. The molecule has 1 aliphatic rings. The minimum absolute atomic E-state index is 0.176. The van der Waals surface area contributed by atoms with Crippen LogP contribution in [-0.4, -0.2) is 48.9 Å². The van der Waals surface area contributed by atoms with Gasteiger partial charge in [-0.3, -0.25) is 0 Å². The van der Waals surface area contributed by atoms with Crippen LogP contribution in [0.4, 0.5) is 5.95 Å². The highest BCUT2D eigenvalue weighted by Crippen LogP contribution is 2.23. The third kappa shape index (κ3) is 3.65. The van der Waals surface area contributed by atoms with Gasteiger partial charge in [-0.15, -0.1) is 0 Å². The van der Waals surface area contributed by atoms with Gasteiger partial charge in [-0.1, -0.05) is 0 Å². The van der Waals surface area contributed by atoms with Crippen LogP contribution >= 0.6 is 0 Å². The van der Waals surface area contributed by atoms with Crippen molar-refractivity contribution in [3.8, 4) is 5.75 Å². The largest absolute Gasteiger partial charge is 0.497 e. The zero-order valence-electron chi connectivity index (χ0n) is 13.4. The summed E-state index contributed by atoms with van der Waals surface area (Å²) in [6, 6.07) is 8.42. The molecule has 8 heteroatoms. The Labute approximate surface area is 141 Å². The second kappa shape index (κ2) is 7.14. The average Bonchev–Trinajstić information content (AvgIpc) is 2.63. The molecule has 2 aromatic rings. The van der Waals surface area contributed by atoms with Gasteiger partial charge < -0.3 is 10.1 Å². The third-order valence-electron chi connectivity index (χ3n) is 4.05. The molecule has 0 bridgehead atoms. The Morgan fingerprint density at radius 2 is 1.75 bits per heavy atom. The molecule has 0 saturated carbocycles. The SMILES string of the molecule is COc1ccc(S(=O)(=O)N2CCC(Nc3ncccn3)CC2)cc1. The van der Waals surface area contributed by atoms with Crippen molar-refractivity contribution in [2.75, 3.05) is 25.5 Å². The van der Waals surface area contributed by atoms with E-state index in [-0.39, 0.29) is 6.04 Å². The fourth-order valence-corrected chi connectivity index (χ4v) is 4.16. The summed E-state index contributed by atoms with van der Waals surface area (Å²) in [5, 5.41) is 3.25. The predicted molar refractivity (Wildman–Crippen MR) is 90.4 cm³/mol. The first-order valence-corrected chi connectivity index (χ1v) is 9.21. The molecule has 0 amide bonds. The van der Waals surface area contributed by atoms with E-state index in [1.165, 1.54) is 4.31 Å². The Morgan fingerprint density at radius 3 is 2.33 bits per heavy atom. The maximum absolute atomic E-state index is 12.7. The van der Waals surface area contributed by atoms with Crippen LogP contribution in [-0.2, 0) is 10.0 Å². The van der Waals surface area contributed by atoms with Gasteiger partial charge in [0.05, 0.1) is 12.0 Å². The molecule has 1 aliphatic heterocycles. The molecule has 128 valence electrons. The molecule has 3 rings (SSSR count). The monoisotopic (exact) mass is 348 g/mol. The van der Waals surface area contributed by atoms with E-state index in [4.69, 9.17) is 4.74 Å². The summed E-state index contributed by atoms with van der Waals surface area (Å²) in [7, 11) is -1.91. The molecule has 24 heavy (non-hydrogen) atoms. The second-order valence-electron chi connectivity index (χ2n) is 5.57. The lowest BCUT2D eigenvalue weighted by Crippen LogP contribution is -2.42. The first-order chi connectivity index (χ1) is 11.6. The van der Waals surface area contributed by atoms with Gasteiger partial charge >= 0.3 is 0 Å². The Kier molecular flexibility index (Phi) is 4.96. The van der Waals surface area contributed by atoms with E-state index in [9.17, 15) is 8.42 Å². The summed E-state index contributed by atoms with van der Waals surface area (Å²) < 4.78 is 32.0. The van der Waals surface area contributed by atoms with Gasteiger partial charge in [-0.25, -0.2) is 18.4 Å². The molecule has 7 nitrogen and oxygen atoms in total. The van der Waals surface area contributed by atoms with Crippen molar-refractivity contribution in [1.29, 1.82) is 0 Å². The van der Waals surface area contributed by atoms with Gasteiger partial charge in [-0.05, 0) is 43.2 Å². The number of sulfonamides is 1. The van der Waals surface area contributed by atoms with E-state index >= 15 is 0 Å². The topological polar surface area (TPSA) is 84.4 Å². The Morgan fingerprint density at radius 1 is 1.12 bits per heavy atom. The molecule has 1 saturated heterocycles. The quantitative estimate of drug-likeness (QED) is 0.886. The predicted octanol–water partition coefficient (Wildman–Crippen LogP) is 1.75. The zero-order chi connectivity index (χ0) is 17.0. The molecular weight excluding hydrogens is 328 g/mol. The maximum atomic E-state index is 12.7. The van der Waals surface area contributed by atoms with Crippen molar-refractivity contribution in [2.45, 2.75) is 23.8 Å². The fraction of sp³-hybridized carbons (Fsp3) is 0.375. The lowest BCUT2D eigenvalue weighted by molar-refractivity contribution is 0.329. The van der Waals surface area contributed by atoms with Crippen molar-refractivity contribution < 1.29 is 13.2 Å². The molecule has 0 radical (unpaired) electrons. The molecule has 2 heterocycles. The average molecular weight is 348 g/mol. The van der Waals surface area contributed by atoms with E-state index in [1.54, 1.807) is 49.8 Å². The van der Waals surface area contributed by atoms with Crippen molar-refractivity contribution >= 4 is 16.0 Å². The molecule has 1 fully saturated rings. The summed E-state index contributed by atoms with van der Waals surface area (Å²) in [6.07, 6.45) is 4.79. The first-order valence-electron chi connectivity index (χ1n) is 7.77. The van der Waals surface area contributed by atoms with Crippen molar-refractivity contribution in [3.63, 3.8) is 0 Å². The van der Waals surface area contributed by atoms with Crippen LogP contribution in [0.1, 0.15) is 12.8 Å². The van der Waals surface area contributed by atoms with Gasteiger partial charge in [0.1, 0.15) is 5.75 Å². The summed E-state index contributed by atoms with van der Waals surface area (Å²) in [5.41, 5.74) is 0. The summed E-state index contributed by atoms with van der Waals surface area (Å²) >= 11 is 0. The fourth-order valence-electron chi connectivity index (χ4n) is 2.69. The van der Waals surface area contributed by atoms with Crippen LogP contribution in [0.2, 0.25) is 0 Å². The van der Waals surface area contributed by atoms with Gasteiger partial charge in [-0.2, -0.15) is 4.31 Å². The van der Waals surface area contributed by atoms with Crippen LogP contribution < -0.4 is 10.1 Å². The van der Waals surface area contributed by atoms with Crippen LogP contribution in [0.25, 0.3) is 0 Å². The Hall–Kier alpha value is -2.19. The minimum Gasteiger partial charge on any atom is -0.497 e. The number of hydrogen-bond acceptors (Lipinski definition) is 6. The highest BCUT2D eigenvalue weighted by Gasteiger charge is 2.29. The number of anilines is 1. The number of aromatic nitrogens is 2. The van der Waals surface area contributed by atoms with Crippen molar-refractivity contribution in [3.05, 3.63) is 42.7 Å². The van der Waals surface area contributed by atoms with E-state index in [0.29, 0.717) is 42.5 Å². The molecule has 0 aliphatic carbocycles. The molecule has 1 aromatic carbocycles. The number of rotatable bonds is 5. The molecule has 0 atom stereocenters. The second-order valence-corrected chi connectivity index (χ2v) is 7.51. The van der Waals surface area contributed by atoms with Gasteiger partial charge in [0.15, 0.2) is 0 Å². The van der Waals surface area contributed by atoms with Crippen LogP contribution in [0, 0.1) is 0 Å². The van der Waals surface area contributed by atoms with E-state index < -0.39 is 10.0 Å². The van der Waals surface area contributed by atoms with Crippen LogP contribution in [0.3, 0.4) is 0 Å². The Balaban J connectivity index is 1.62.